The standard InChI is InChI=1S/C12H12O2/c1-8-3-4-11-7-10(9(2)13)5-6-12(11)14-8/h3-8H,1-2H3. The third kappa shape index (κ3) is 1.55. The summed E-state index contributed by atoms with van der Waals surface area (Å²) in [6, 6.07) is 5.51. The van der Waals surface area contributed by atoms with Crippen molar-refractivity contribution in [2.45, 2.75) is 20.0 Å². The van der Waals surface area contributed by atoms with Crippen molar-refractivity contribution in [2.75, 3.05) is 0 Å². The minimum Gasteiger partial charge on any atom is -0.486 e. The van der Waals surface area contributed by atoms with Crippen LogP contribution in [0.15, 0.2) is 24.3 Å². The number of benzene rings is 1. The Kier molecular flexibility index (Phi) is 2.12. The fourth-order valence-corrected chi connectivity index (χ4v) is 1.48. The highest BCUT2D eigenvalue weighted by atomic mass is 16.5. The Morgan fingerprint density at radius 2 is 2.21 bits per heavy atom. The Morgan fingerprint density at radius 3 is 2.93 bits per heavy atom. The highest BCUT2D eigenvalue weighted by molar-refractivity contribution is 5.95. The second-order valence-electron chi connectivity index (χ2n) is 3.49. The quantitative estimate of drug-likeness (QED) is 0.633. The van der Waals surface area contributed by atoms with Gasteiger partial charge < -0.3 is 4.74 Å². The summed E-state index contributed by atoms with van der Waals surface area (Å²) in [4.78, 5) is 11.1. The average molecular weight is 188 g/mol. The lowest BCUT2D eigenvalue weighted by Crippen LogP contribution is -2.12. The van der Waals surface area contributed by atoms with Crippen molar-refractivity contribution in [1.29, 1.82) is 0 Å². The van der Waals surface area contributed by atoms with Gasteiger partial charge in [0.1, 0.15) is 11.9 Å². The number of ether oxygens (including phenoxy) is 1. The van der Waals surface area contributed by atoms with Crippen molar-refractivity contribution < 1.29 is 9.53 Å². The molecule has 0 fully saturated rings. The van der Waals surface area contributed by atoms with Crippen LogP contribution < -0.4 is 4.74 Å². The first-order valence-corrected chi connectivity index (χ1v) is 4.66. The van der Waals surface area contributed by atoms with Gasteiger partial charge in [-0.05, 0) is 38.1 Å². The molecule has 0 saturated heterocycles. The zero-order chi connectivity index (χ0) is 10.1. The van der Waals surface area contributed by atoms with E-state index in [-0.39, 0.29) is 11.9 Å². The van der Waals surface area contributed by atoms with E-state index in [0.717, 1.165) is 16.9 Å². The van der Waals surface area contributed by atoms with Crippen LogP contribution in [0.5, 0.6) is 5.75 Å². The first kappa shape index (κ1) is 9.00. The van der Waals surface area contributed by atoms with Gasteiger partial charge in [0.25, 0.3) is 0 Å². The highest BCUT2D eigenvalue weighted by Crippen LogP contribution is 2.26. The third-order valence-electron chi connectivity index (χ3n) is 2.28. The first-order chi connectivity index (χ1) is 6.66. The molecule has 2 nitrogen and oxygen atoms in total. The maximum Gasteiger partial charge on any atom is 0.159 e. The third-order valence-corrected chi connectivity index (χ3v) is 2.28. The number of carbonyl (C=O) groups is 1. The van der Waals surface area contributed by atoms with E-state index in [1.54, 1.807) is 13.0 Å². The lowest BCUT2D eigenvalue weighted by Gasteiger charge is -2.18. The molecule has 0 aliphatic carbocycles. The molecule has 1 aromatic carbocycles. The summed E-state index contributed by atoms with van der Waals surface area (Å²) in [5, 5.41) is 0. The maximum absolute atomic E-state index is 11.1. The lowest BCUT2D eigenvalue weighted by molar-refractivity contribution is 0.101. The molecule has 1 unspecified atom stereocenters. The van der Waals surface area contributed by atoms with Crippen molar-refractivity contribution >= 4 is 11.9 Å². The van der Waals surface area contributed by atoms with Gasteiger partial charge in [0.15, 0.2) is 5.78 Å². The van der Waals surface area contributed by atoms with E-state index >= 15 is 0 Å². The van der Waals surface area contributed by atoms with Crippen LogP contribution in [0.4, 0.5) is 0 Å². The number of rotatable bonds is 1. The molecule has 1 aromatic rings. The number of hydrogen-bond acceptors (Lipinski definition) is 2. The number of carbonyl (C=O) groups excluding carboxylic acids is 1. The molecule has 14 heavy (non-hydrogen) atoms. The Morgan fingerprint density at radius 1 is 1.43 bits per heavy atom. The molecular weight excluding hydrogens is 176 g/mol. The smallest absolute Gasteiger partial charge is 0.159 e. The van der Waals surface area contributed by atoms with E-state index in [4.69, 9.17) is 4.74 Å². The van der Waals surface area contributed by atoms with E-state index in [1.807, 2.05) is 31.2 Å². The van der Waals surface area contributed by atoms with Gasteiger partial charge in [-0.1, -0.05) is 6.08 Å². The van der Waals surface area contributed by atoms with Crippen LogP contribution >= 0.6 is 0 Å². The number of fused-ring (bicyclic) bond motifs is 1. The van der Waals surface area contributed by atoms with Crippen molar-refractivity contribution in [2.24, 2.45) is 0 Å². The van der Waals surface area contributed by atoms with Gasteiger partial charge in [-0.25, -0.2) is 0 Å². The summed E-state index contributed by atoms with van der Waals surface area (Å²) < 4.78 is 5.57. The molecule has 0 radical (unpaired) electrons. The predicted octanol–water partition coefficient (Wildman–Crippen LogP) is 2.68. The Labute approximate surface area is 83.2 Å². The first-order valence-electron chi connectivity index (χ1n) is 4.66. The molecule has 72 valence electrons. The number of hydrogen-bond donors (Lipinski definition) is 0. The van der Waals surface area contributed by atoms with Crippen molar-refractivity contribution in [3.05, 3.63) is 35.4 Å². The maximum atomic E-state index is 11.1. The van der Waals surface area contributed by atoms with E-state index in [9.17, 15) is 4.79 Å². The van der Waals surface area contributed by atoms with E-state index in [1.165, 1.54) is 0 Å². The molecule has 0 spiro atoms. The van der Waals surface area contributed by atoms with E-state index in [0.29, 0.717) is 0 Å². The molecule has 0 N–H and O–H groups in total. The molecule has 1 aliphatic rings. The fourth-order valence-electron chi connectivity index (χ4n) is 1.48. The van der Waals surface area contributed by atoms with E-state index < -0.39 is 0 Å². The Balaban J connectivity index is 2.44. The van der Waals surface area contributed by atoms with Gasteiger partial charge in [-0.2, -0.15) is 0 Å². The zero-order valence-corrected chi connectivity index (χ0v) is 8.28. The molecule has 1 heterocycles. The van der Waals surface area contributed by atoms with E-state index in [2.05, 4.69) is 0 Å². The summed E-state index contributed by atoms with van der Waals surface area (Å²) in [7, 11) is 0. The minimum atomic E-state index is 0.0832. The largest absolute Gasteiger partial charge is 0.486 e. The normalized spacial score (nSPS) is 18.6. The Bertz CT molecular complexity index is 405. The van der Waals surface area contributed by atoms with Crippen LogP contribution in [0.25, 0.3) is 6.08 Å². The summed E-state index contributed by atoms with van der Waals surface area (Å²) in [5.41, 5.74) is 1.71. The van der Waals surface area contributed by atoms with Crippen LogP contribution in [0, 0.1) is 0 Å². The van der Waals surface area contributed by atoms with Gasteiger partial charge in [0, 0.05) is 11.1 Å². The molecule has 2 rings (SSSR count). The Hall–Kier alpha value is -1.57. The molecule has 1 atom stereocenters. The van der Waals surface area contributed by atoms with Crippen LogP contribution in [-0.4, -0.2) is 11.9 Å². The topological polar surface area (TPSA) is 26.3 Å². The molecule has 2 heteroatoms. The molecule has 0 bridgehead atoms. The second-order valence-corrected chi connectivity index (χ2v) is 3.49. The number of Topliss-reactive ketones (excluding diaryl/α,β-unsaturated/α-hetero) is 1. The predicted molar refractivity (Wildman–Crippen MR) is 55.6 cm³/mol. The molecule has 0 saturated carbocycles. The van der Waals surface area contributed by atoms with Gasteiger partial charge in [0.05, 0.1) is 0 Å². The summed E-state index contributed by atoms with van der Waals surface area (Å²) in [6.45, 7) is 3.55. The SMILES string of the molecule is CC(=O)c1ccc2c(c1)C=CC(C)O2. The van der Waals surface area contributed by atoms with Crippen LogP contribution in [0.1, 0.15) is 29.8 Å². The summed E-state index contributed by atoms with van der Waals surface area (Å²) >= 11 is 0. The summed E-state index contributed by atoms with van der Waals surface area (Å²) in [5.74, 6) is 0.935. The van der Waals surface area contributed by atoms with Crippen LogP contribution in [-0.2, 0) is 0 Å². The van der Waals surface area contributed by atoms with Gasteiger partial charge in [-0.15, -0.1) is 0 Å². The number of ketones is 1. The molecular formula is C12H12O2. The monoisotopic (exact) mass is 188 g/mol. The molecule has 0 amide bonds. The minimum absolute atomic E-state index is 0.0832. The van der Waals surface area contributed by atoms with Gasteiger partial charge in [0.2, 0.25) is 0 Å². The lowest BCUT2D eigenvalue weighted by atomic mass is 10.0. The summed E-state index contributed by atoms with van der Waals surface area (Å²) in [6.07, 6.45) is 4.09. The van der Waals surface area contributed by atoms with Crippen molar-refractivity contribution in [3.63, 3.8) is 0 Å². The second kappa shape index (κ2) is 3.29. The van der Waals surface area contributed by atoms with Crippen molar-refractivity contribution in [3.8, 4) is 5.75 Å². The average Bonchev–Trinajstić information content (AvgIpc) is 2.16. The van der Waals surface area contributed by atoms with Gasteiger partial charge >= 0.3 is 0 Å². The fraction of sp³-hybridized carbons (Fsp3) is 0.250. The highest BCUT2D eigenvalue weighted by Gasteiger charge is 2.11. The van der Waals surface area contributed by atoms with Crippen molar-refractivity contribution in [1.82, 2.24) is 0 Å². The molecule has 0 aromatic heterocycles. The van der Waals surface area contributed by atoms with Crippen LogP contribution in [0.2, 0.25) is 0 Å². The zero-order valence-electron chi connectivity index (χ0n) is 8.28. The van der Waals surface area contributed by atoms with Gasteiger partial charge in [-0.3, -0.25) is 4.79 Å². The van der Waals surface area contributed by atoms with Crippen LogP contribution in [0.3, 0.4) is 0 Å². The molecule has 1 aliphatic heterocycles.